The topological polar surface area (TPSA) is 86.8 Å². The average molecular weight is 492 g/mol. The van der Waals surface area contributed by atoms with Gasteiger partial charge in [-0.2, -0.15) is 0 Å². The number of halogens is 1. The van der Waals surface area contributed by atoms with E-state index in [4.69, 9.17) is 0 Å². The van der Waals surface area contributed by atoms with E-state index < -0.39 is 34.3 Å². The monoisotopic (exact) mass is 491 g/mol. The molecule has 0 aliphatic heterocycles. The van der Waals surface area contributed by atoms with Gasteiger partial charge in [-0.1, -0.05) is 51.1 Å². The van der Waals surface area contributed by atoms with E-state index in [9.17, 15) is 22.4 Å². The van der Waals surface area contributed by atoms with Crippen LogP contribution in [0, 0.1) is 5.82 Å². The quantitative estimate of drug-likeness (QED) is 0.520. The lowest BCUT2D eigenvalue weighted by Crippen LogP contribution is -2.52. The molecule has 0 saturated carbocycles. The highest BCUT2D eigenvalue weighted by atomic mass is 32.2. The first-order chi connectivity index (χ1) is 16.0. The van der Waals surface area contributed by atoms with Crippen LogP contribution in [0.5, 0.6) is 0 Å². The van der Waals surface area contributed by atoms with Crippen molar-refractivity contribution >= 4 is 27.5 Å². The van der Waals surface area contributed by atoms with Crippen LogP contribution >= 0.6 is 0 Å². The zero-order valence-electron chi connectivity index (χ0n) is 20.4. The summed E-state index contributed by atoms with van der Waals surface area (Å²) < 4.78 is 40.0. The average Bonchev–Trinajstić information content (AvgIpc) is 2.78. The summed E-state index contributed by atoms with van der Waals surface area (Å²) >= 11 is 0. The summed E-state index contributed by atoms with van der Waals surface area (Å²) in [4.78, 5) is 27.7. The minimum atomic E-state index is -3.81. The minimum absolute atomic E-state index is 0.0320. The molecule has 9 heteroatoms. The Morgan fingerprint density at radius 2 is 1.65 bits per heavy atom. The molecule has 2 rings (SSSR count). The lowest BCUT2D eigenvalue weighted by molar-refractivity contribution is -0.140. The summed E-state index contributed by atoms with van der Waals surface area (Å²) in [5.41, 5.74) is 1.86. The molecule has 0 aliphatic rings. The van der Waals surface area contributed by atoms with Gasteiger partial charge in [0.1, 0.15) is 18.4 Å². The molecule has 2 aromatic carbocycles. The van der Waals surface area contributed by atoms with Gasteiger partial charge < -0.3 is 10.2 Å². The lowest BCUT2D eigenvalue weighted by atomic mass is 10.0. The normalized spacial score (nSPS) is 12.3. The molecule has 0 spiro atoms. The summed E-state index contributed by atoms with van der Waals surface area (Å²) in [5, 5.41) is 2.74. The third kappa shape index (κ3) is 7.03. The highest BCUT2D eigenvalue weighted by Crippen LogP contribution is 2.29. The molecular weight excluding hydrogens is 457 g/mol. The van der Waals surface area contributed by atoms with Gasteiger partial charge >= 0.3 is 0 Å². The van der Waals surface area contributed by atoms with Gasteiger partial charge in [0.25, 0.3) is 0 Å². The molecule has 7 nitrogen and oxygen atoms in total. The van der Waals surface area contributed by atoms with Gasteiger partial charge in [-0.3, -0.25) is 13.9 Å². The maximum absolute atomic E-state index is 13.6. The van der Waals surface area contributed by atoms with Gasteiger partial charge in [0, 0.05) is 13.1 Å². The summed E-state index contributed by atoms with van der Waals surface area (Å²) in [7, 11) is -3.81. The van der Waals surface area contributed by atoms with E-state index in [1.807, 2.05) is 26.0 Å². The van der Waals surface area contributed by atoms with Crippen LogP contribution in [0.2, 0.25) is 0 Å². The maximum Gasteiger partial charge on any atom is 0.244 e. The van der Waals surface area contributed by atoms with Crippen molar-refractivity contribution in [1.29, 1.82) is 0 Å². The number of sulfonamides is 1. The molecule has 2 aromatic rings. The maximum atomic E-state index is 13.6. The molecule has 0 aromatic heterocycles. The van der Waals surface area contributed by atoms with Crippen molar-refractivity contribution in [2.75, 3.05) is 23.7 Å². The van der Waals surface area contributed by atoms with Crippen molar-refractivity contribution in [3.63, 3.8) is 0 Å². The van der Waals surface area contributed by atoms with Gasteiger partial charge in [0.2, 0.25) is 21.8 Å². The number of likely N-dealkylation sites (N-methyl/N-ethyl adjacent to an activating group) is 1. The zero-order valence-corrected chi connectivity index (χ0v) is 21.2. The van der Waals surface area contributed by atoms with Crippen LogP contribution in [0.1, 0.15) is 51.2 Å². The Labute approximate surface area is 202 Å². The van der Waals surface area contributed by atoms with E-state index in [0.29, 0.717) is 24.2 Å². The van der Waals surface area contributed by atoms with Crippen molar-refractivity contribution in [3.05, 3.63) is 65.5 Å². The molecule has 34 heavy (non-hydrogen) atoms. The van der Waals surface area contributed by atoms with Crippen LogP contribution in [0.4, 0.5) is 10.1 Å². The third-order valence-corrected chi connectivity index (χ3v) is 6.64. The first-order valence-corrected chi connectivity index (χ1v) is 13.2. The van der Waals surface area contributed by atoms with E-state index >= 15 is 0 Å². The number of para-hydroxylation sites is 1. The fourth-order valence-corrected chi connectivity index (χ4v) is 4.66. The number of benzene rings is 2. The number of anilines is 1. The second-order valence-corrected chi connectivity index (χ2v) is 10.4. The fraction of sp³-hybridized carbons (Fsp3) is 0.440. The van der Waals surface area contributed by atoms with Gasteiger partial charge in [0.05, 0.1) is 11.9 Å². The van der Waals surface area contributed by atoms with Crippen LogP contribution in [0.25, 0.3) is 0 Å². The lowest BCUT2D eigenvalue weighted by Gasteiger charge is -2.33. The second-order valence-electron chi connectivity index (χ2n) is 8.45. The molecule has 2 amide bonds. The van der Waals surface area contributed by atoms with Gasteiger partial charge in [-0.15, -0.1) is 0 Å². The molecule has 0 unspecified atom stereocenters. The summed E-state index contributed by atoms with van der Waals surface area (Å²) in [6.07, 6.45) is 1.39. The Kier molecular flexibility index (Phi) is 9.61. The van der Waals surface area contributed by atoms with Crippen molar-refractivity contribution in [2.45, 2.75) is 52.6 Å². The molecule has 0 bridgehead atoms. The van der Waals surface area contributed by atoms with Crippen LogP contribution in [0.15, 0.2) is 48.5 Å². The predicted molar refractivity (Wildman–Crippen MR) is 132 cm³/mol. The largest absolute Gasteiger partial charge is 0.355 e. The van der Waals surface area contributed by atoms with Crippen LogP contribution < -0.4 is 9.62 Å². The molecule has 1 atom stereocenters. The highest BCUT2D eigenvalue weighted by Gasteiger charge is 2.32. The fourth-order valence-electron chi connectivity index (χ4n) is 3.80. The van der Waals surface area contributed by atoms with Crippen molar-refractivity contribution in [1.82, 2.24) is 10.2 Å². The Morgan fingerprint density at radius 3 is 2.18 bits per heavy atom. The highest BCUT2D eigenvalue weighted by molar-refractivity contribution is 7.92. The zero-order chi connectivity index (χ0) is 25.5. The first-order valence-electron chi connectivity index (χ1n) is 11.4. The number of nitrogens with one attached hydrogen (secondary N) is 1. The Morgan fingerprint density at radius 1 is 1.03 bits per heavy atom. The van der Waals surface area contributed by atoms with Crippen LogP contribution in [-0.4, -0.2) is 50.5 Å². The van der Waals surface area contributed by atoms with Gasteiger partial charge in [-0.05, 0) is 48.6 Å². The summed E-state index contributed by atoms with van der Waals surface area (Å²) in [5.74, 6) is -1.23. The van der Waals surface area contributed by atoms with E-state index in [1.165, 1.54) is 17.0 Å². The van der Waals surface area contributed by atoms with Crippen molar-refractivity contribution < 1.29 is 22.4 Å². The molecule has 0 fully saturated rings. The van der Waals surface area contributed by atoms with Crippen LogP contribution in [0.3, 0.4) is 0 Å². The number of amides is 2. The molecule has 186 valence electrons. The van der Waals surface area contributed by atoms with Crippen molar-refractivity contribution in [3.8, 4) is 0 Å². The van der Waals surface area contributed by atoms with Gasteiger partial charge in [0.15, 0.2) is 0 Å². The first kappa shape index (κ1) is 27.3. The molecule has 0 aliphatic carbocycles. The molecule has 0 heterocycles. The number of carbonyl (C=O) groups is 2. The van der Waals surface area contributed by atoms with Crippen LogP contribution in [-0.2, 0) is 26.2 Å². The number of rotatable bonds is 11. The second kappa shape index (κ2) is 12.0. The van der Waals surface area contributed by atoms with E-state index in [0.717, 1.165) is 16.1 Å². The number of hydrogen-bond acceptors (Lipinski definition) is 4. The standard InChI is InChI=1S/C25H34FN3O4S/c1-6-22(25(31)27-7-2)28(16-19-12-14-20(26)15-13-19)24(30)17-29(34(5,32)33)23-11-9-8-10-21(23)18(3)4/h8-15,18,22H,6-7,16-17H2,1-5H3,(H,27,31)/t22-/m1/s1. The number of hydrogen-bond donors (Lipinski definition) is 1. The summed E-state index contributed by atoms with van der Waals surface area (Å²) in [6, 6.07) is 11.9. The number of carbonyl (C=O) groups excluding carboxylic acids is 2. The molecule has 0 radical (unpaired) electrons. The molecular formula is C25H34FN3O4S. The Hall–Kier alpha value is -2.94. The smallest absolute Gasteiger partial charge is 0.244 e. The van der Waals surface area contributed by atoms with Gasteiger partial charge in [-0.25, -0.2) is 12.8 Å². The summed E-state index contributed by atoms with van der Waals surface area (Å²) in [6.45, 7) is 7.44. The van der Waals surface area contributed by atoms with Crippen molar-refractivity contribution in [2.24, 2.45) is 0 Å². The number of nitrogens with zero attached hydrogens (tertiary/aromatic N) is 2. The Bertz CT molecular complexity index is 1090. The molecule has 0 saturated heterocycles. The predicted octanol–water partition coefficient (Wildman–Crippen LogP) is 3.66. The van der Waals surface area contributed by atoms with E-state index in [-0.39, 0.29) is 18.4 Å². The SMILES string of the molecule is CCNC(=O)[C@@H](CC)N(Cc1ccc(F)cc1)C(=O)CN(c1ccccc1C(C)C)S(C)(=O)=O. The minimum Gasteiger partial charge on any atom is -0.355 e. The van der Waals surface area contributed by atoms with E-state index in [2.05, 4.69) is 5.32 Å². The third-order valence-electron chi connectivity index (χ3n) is 5.51. The Balaban J connectivity index is 2.48. The molecule has 1 N–H and O–H groups in total. The van der Waals surface area contributed by atoms with E-state index in [1.54, 1.807) is 38.1 Å².